The molecule has 94 valence electrons. The van der Waals surface area contributed by atoms with Gasteiger partial charge in [-0.2, -0.15) is 11.8 Å². The summed E-state index contributed by atoms with van der Waals surface area (Å²) < 4.78 is 0. The van der Waals surface area contributed by atoms with E-state index in [9.17, 15) is 9.59 Å². The van der Waals surface area contributed by atoms with Crippen LogP contribution in [0.25, 0.3) is 0 Å². The van der Waals surface area contributed by atoms with Gasteiger partial charge in [0.1, 0.15) is 0 Å². The number of thioether (sulfide) groups is 1. The van der Waals surface area contributed by atoms with Crippen LogP contribution in [0, 0.1) is 0 Å². The standard InChI is InChI=1S/C10H20N2O3S/c1-2-5-12(6-3-10(14)15)9(13)8-16-7-4-11/h2-8,11H2,1H3,(H,14,15). The van der Waals surface area contributed by atoms with Crippen molar-refractivity contribution in [2.75, 3.05) is 31.1 Å². The fraction of sp³-hybridized carbons (Fsp3) is 0.800. The minimum atomic E-state index is -0.872. The maximum Gasteiger partial charge on any atom is 0.305 e. The van der Waals surface area contributed by atoms with E-state index in [2.05, 4.69) is 0 Å². The molecule has 0 aliphatic carbocycles. The van der Waals surface area contributed by atoms with E-state index in [0.717, 1.165) is 12.2 Å². The van der Waals surface area contributed by atoms with Crippen molar-refractivity contribution in [1.82, 2.24) is 4.90 Å². The van der Waals surface area contributed by atoms with Gasteiger partial charge < -0.3 is 15.7 Å². The maximum absolute atomic E-state index is 11.7. The van der Waals surface area contributed by atoms with Gasteiger partial charge in [-0.1, -0.05) is 6.92 Å². The second-order valence-electron chi connectivity index (χ2n) is 3.37. The van der Waals surface area contributed by atoms with E-state index in [1.165, 1.54) is 11.8 Å². The molecule has 0 bridgehead atoms. The Bertz CT molecular complexity index is 224. The molecule has 0 heterocycles. The molecule has 5 nitrogen and oxygen atoms in total. The first-order valence-electron chi connectivity index (χ1n) is 5.39. The van der Waals surface area contributed by atoms with Crippen LogP contribution in [0.2, 0.25) is 0 Å². The number of carbonyl (C=O) groups excluding carboxylic acids is 1. The second-order valence-corrected chi connectivity index (χ2v) is 4.47. The summed E-state index contributed by atoms with van der Waals surface area (Å²) in [7, 11) is 0. The normalized spacial score (nSPS) is 10.1. The molecule has 0 aliphatic heterocycles. The summed E-state index contributed by atoms with van der Waals surface area (Å²) in [5, 5.41) is 8.57. The number of aliphatic carboxylic acids is 1. The van der Waals surface area contributed by atoms with Gasteiger partial charge in [0.2, 0.25) is 5.91 Å². The summed E-state index contributed by atoms with van der Waals surface area (Å²) in [5.74, 6) is 0.270. The first-order chi connectivity index (χ1) is 7.61. The van der Waals surface area contributed by atoms with Crippen LogP contribution in [-0.2, 0) is 9.59 Å². The molecule has 0 fully saturated rings. The van der Waals surface area contributed by atoms with Gasteiger partial charge in [0.25, 0.3) is 0 Å². The molecule has 16 heavy (non-hydrogen) atoms. The monoisotopic (exact) mass is 248 g/mol. The highest BCUT2D eigenvalue weighted by molar-refractivity contribution is 7.99. The van der Waals surface area contributed by atoms with Crippen LogP contribution in [0.5, 0.6) is 0 Å². The molecule has 0 aromatic carbocycles. The topological polar surface area (TPSA) is 83.6 Å². The van der Waals surface area contributed by atoms with Crippen LogP contribution >= 0.6 is 11.8 Å². The minimum absolute atomic E-state index is 0.00144. The summed E-state index contributed by atoms with van der Waals surface area (Å²) in [6.45, 7) is 3.44. The average Bonchev–Trinajstić information content (AvgIpc) is 2.24. The fourth-order valence-electron chi connectivity index (χ4n) is 1.20. The Morgan fingerprint density at radius 1 is 1.38 bits per heavy atom. The smallest absolute Gasteiger partial charge is 0.305 e. The number of carbonyl (C=O) groups is 2. The van der Waals surface area contributed by atoms with Gasteiger partial charge in [-0.3, -0.25) is 9.59 Å². The Kier molecular flexibility index (Phi) is 9.03. The molecule has 1 amide bonds. The molecule has 3 N–H and O–H groups in total. The van der Waals surface area contributed by atoms with Gasteiger partial charge in [0.05, 0.1) is 12.2 Å². The number of carboxylic acid groups (broad SMARTS) is 1. The van der Waals surface area contributed by atoms with Crippen molar-refractivity contribution >= 4 is 23.6 Å². The summed E-state index contributed by atoms with van der Waals surface area (Å²) in [5.41, 5.74) is 5.32. The lowest BCUT2D eigenvalue weighted by Gasteiger charge is -2.21. The molecule has 0 radical (unpaired) electrons. The predicted molar refractivity (Wildman–Crippen MR) is 65.5 cm³/mol. The molecule has 0 aromatic heterocycles. The average molecular weight is 248 g/mol. The highest BCUT2D eigenvalue weighted by Crippen LogP contribution is 2.03. The number of nitrogens with zero attached hydrogens (tertiary/aromatic N) is 1. The third kappa shape index (κ3) is 7.53. The molecule has 0 aromatic rings. The van der Waals surface area contributed by atoms with E-state index >= 15 is 0 Å². The lowest BCUT2D eigenvalue weighted by Crippen LogP contribution is -2.35. The zero-order chi connectivity index (χ0) is 12.4. The Hall–Kier alpha value is -0.750. The van der Waals surface area contributed by atoms with Gasteiger partial charge in [-0.25, -0.2) is 0 Å². The van der Waals surface area contributed by atoms with Crippen LogP contribution in [-0.4, -0.2) is 53.0 Å². The Balaban J connectivity index is 3.97. The van der Waals surface area contributed by atoms with Gasteiger partial charge in [0.15, 0.2) is 0 Å². The van der Waals surface area contributed by atoms with Crippen molar-refractivity contribution in [3.05, 3.63) is 0 Å². The predicted octanol–water partition coefficient (Wildman–Crippen LogP) is 0.392. The van der Waals surface area contributed by atoms with Gasteiger partial charge in [-0.05, 0) is 6.42 Å². The molecule has 0 rings (SSSR count). The molecule has 0 saturated heterocycles. The molecular weight excluding hydrogens is 228 g/mol. The summed E-state index contributed by atoms with van der Waals surface area (Å²) in [4.78, 5) is 23.7. The third-order valence-electron chi connectivity index (χ3n) is 1.93. The Morgan fingerprint density at radius 2 is 2.06 bits per heavy atom. The first-order valence-corrected chi connectivity index (χ1v) is 6.54. The molecule has 0 atom stereocenters. The molecule has 0 saturated carbocycles. The van der Waals surface area contributed by atoms with E-state index in [1.54, 1.807) is 4.90 Å². The van der Waals surface area contributed by atoms with Crippen LogP contribution in [0.3, 0.4) is 0 Å². The van der Waals surface area contributed by atoms with E-state index in [4.69, 9.17) is 10.8 Å². The second kappa shape index (κ2) is 9.47. The van der Waals surface area contributed by atoms with Gasteiger partial charge in [-0.15, -0.1) is 0 Å². The van der Waals surface area contributed by atoms with Crippen LogP contribution in [0.15, 0.2) is 0 Å². The first kappa shape index (κ1) is 15.2. The molecule has 6 heteroatoms. The van der Waals surface area contributed by atoms with E-state index in [0.29, 0.717) is 25.4 Å². The number of rotatable bonds is 9. The lowest BCUT2D eigenvalue weighted by molar-refractivity contribution is -0.138. The molecular formula is C10H20N2O3S. The van der Waals surface area contributed by atoms with Crippen LogP contribution < -0.4 is 5.73 Å². The molecule has 0 aliphatic rings. The summed E-state index contributed by atoms with van der Waals surface area (Å²) in [6, 6.07) is 0. The van der Waals surface area contributed by atoms with Crippen molar-refractivity contribution in [2.45, 2.75) is 19.8 Å². The molecule has 0 unspecified atom stereocenters. The highest BCUT2D eigenvalue weighted by Gasteiger charge is 2.13. The minimum Gasteiger partial charge on any atom is -0.481 e. The van der Waals surface area contributed by atoms with Crippen LogP contribution in [0.4, 0.5) is 0 Å². The number of carboxylic acids is 1. The Labute approximate surface area is 100 Å². The Morgan fingerprint density at radius 3 is 2.56 bits per heavy atom. The van der Waals surface area contributed by atoms with E-state index < -0.39 is 5.97 Å². The fourth-order valence-corrected chi connectivity index (χ4v) is 1.86. The van der Waals surface area contributed by atoms with Crippen molar-refractivity contribution in [3.8, 4) is 0 Å². The van der Waals surface area contributed by atoms with Crippen molar-refractivity contribution in [3.63, 3.8) is 0 Å². The largest absolute Gasteiger partial charge is 0.481 e. The quantitative estimate of drug-likeness (QED) is 0.577. The highest BCUT2D eigenvalue weighted by atomic mass is 32.2. The van der Waals surface area contributed by atoms with E-state index in [1.807, 2.05) is 6.92 Å². The summed E-state index contributed by atoms with van der Waals surface area (Å²) in [6.07, 6.45) is 0.847. The zero-order valence-corrected chi connectivity index (χ0v) is 10.5. The third-order valence-corrected chi connectivity index (χ3v) is 2.90. The number of hydrogen-bond donors (Lipinski definition) is 2. The number of amides is 1. The van der Waals surface area contributed by atoms with Gasteiger partial charge >= 0.3 is 5.97 Å². The van der Waals surface area contributed by atoms with Crippen molar-refractivity contribution in [2.24, 2.45) is 5.73 Å². The number of nitrogens with two attached hydrogens (primary N) is 1. The lowest BCUT2D eigenvalue weighted by atomic mass is 10.3. The number of hydrogen-bond acceptors (Lipinski definition) is 4. The zero-order valence-electron chi connectivity index (χ0n) is 9.65. The SMILES string of the molecule is CCCN(CCC(=O)O)C(=O)CSCCN. The summed E-state index contributed by atoms with van der Waals surface area (Å²) >= 11 is 1.49. The molecule has 0 spiro atoms. The van der Waals surface area contributed by atoms with Gasteiger partial charge in [0, 0.05) is 25.4 Å². The maximum atomic E-state index is 11.7. The van der Waals surface area contributed by atoms with Crippen molar-refractivity contribution < 1.29 is 14.7 Å². The van der Waals surface area contributed by atoms with E-state index in [-0.39, 0.29) is 12.3 Å². The van der Waals surface area contributed by atoms with Crippen LogP contribution in [0.1, 0.15) is 19.8 Å². The van der Waals surface area contributed by atoms with Crippen molar-refractivity contribution in [1.29, 1.82) is 0 Å².